The van der Waals surface area contributed by atoms with Crippen LogP contribution in [-0.4, -0.2) is 34.6 Å². The molecule has 2 aromatic carbocycles. The first-order valence-corrected chi connectivity index (χ1v) is 12.7. The van der Waals surface area contributed by atoms with Crippen molar-refractivity contribution in [3.8, 4) is 0 Å². The summed E-state index contributed by atoms with van der Waals surface area (Å²) in [7, 11) is 0. The van der Waals surface area contributed by atoms with Crippen LogP contribution in [0.3, 0.4) is 0 Å². The molecule has 7 heteroatoms. The maximum atomic E-state index is 13.2. The highest BCUT2D eigenvalue weighted by Crippen LogP contribution is 2.24. The van der Waals surface area contributed by atoms with E-state index >= 15 is 0 Å². The van der Waals surface area contributed by atoms with E-state index in [1.54, 1.807) is 35.7 Å². The average Bonchev–Trinajstić information content (AvgIpc) is 2.73. The number of nitrogens with one attached hydrogen (secondary N) is 1. The molecule has 0 aromatic heterocycles. The van der Waals surface area contributed by atoms with E-state index in [0.717, 1.165) is 17.7 Å². The molecule has 32 heavy (non-hydrogen) atoms. The van der Waals surface area contributed by atoms with Gasteiger partial charge < -0.3 is 10.2 Å². The van der Waals surface area contributed by atoms with Crippen LogP contribution >= 0.6 is 35.0 Å². The van der Waals surface area contributed by atoms with Gasteiger partial charge in [0.15, 0.2) is 0 Å². The lowest BCUT2D eigenvalue weighted by Crippen LogP contribution is -2.50. The van der Waals surface area contributed by atoms with Crippen LogP contribution in [0.5, 0.6) is 0 Å². The van der Waals surface area contributed by atoms with Crippen molar-refractivity contribution >= 4 is 46.8 Å². The van der Waals surface area contributed by atoms with Gasteiger partial charge in [-0.15, -0.1) is 11.8 Å². The van der Waals surface area contributed by atoms with Gasteiger partial charge in [-0.1, -0.05) is 65.5 Å². The number of carbonyl (C=O) groups is 2. The van der Waals surface area contributed by atoms with Crippen LogP contribution in [0.1, 0.15) is 49.4 Å². The average molecular weight is 496 g/mol. The van der Waals surface area contributed by atoms with E-state index in [-0.39, 0.29) is 30.2 Å². The summed E-state index contributed by atoms with van der Waals surface area (Å²) in [4.78, 5) is 27.6. The van der Waals surface area contributed by atoms with Crippen LogP contribution in [0.4, 0.5) is 0 Å². The summed E-state index contributed by atoms with van der Waals surface area (Å²) >= 11 is 13.8. The Balaban J connectivity index is 2.13. The Morgan fingerprint density at radius 1 is 1.00 bits per heavy atom. The second-order valence-electron chi connectivity index (χ2n) is 8.25. The van der Waals surface area contributed by atoms with Crippen LogP contribution in [0.25, 0.3) is 0 Å². The number of hydrogen-bond donors (Lipinski definition) is 1. The smallest absolute Gasteiger partial charge is 0.242 e. The standard InChI is InChI=1S/C25H32Cl2N2O2S/c1-6-18(4)28-25(31)19(5)29(13-20-7-8-22(26)23(27)12-20)24(30)15-32-14-21-10-16(2)9-17(3)11-21/h7-12,18-19H,6,13-15H2,1-5H3,(H,28,31). The number of carbonyl (C=O) groups excluding carboxylic acids is 2. The van der Waals surface area contributed by atoms with E-state index in [1.807, 2.05) is 19.9 Å². The molecular weight excluding hydrogens is 463 g/mol. The lowest BCUT2D eigenvalue weighted by atomic mass is 10.1. The van der Waals surface area contributed by atoms with Crippen LogP contribution in [0.2, 0.25) is 10.0 Å². The second kappa shape index (κ2) is 12.5. The maximum Gasteiger partial charge on any atom is 0.242 e. The number of halogens is 2. The van der Waals surface area contributed by atoms with E-state index in [9.17, 15) is 9.59 Å². The molecule has 0 saturated carbocycles. The van der Waals surface area contributed by atoms with Crippen molar-refractivity contribution in [1.29, 1.82) is 0 Å². The van der Waals surface area contributed by atoms with Gasteiger partial charge in [-0.25, -0.2) is 0 Å². The van der Waals surface area contributed by atoms with Gasteiger partial charge in [-0.05, 0) is 57.4 Å². The highest BCUT2D eigenvalue weighted by atomic mass is 35.5. The first kappa shape index (κ1) is 26.6. The summed E-state index contributed by atoms with van der Waals surface area (Å²) < 4.78 is 0. The predicted molar refractivity (Wildman–Crippen MR) is 136 cm³/mol. The highest BCUT2D eigenvalue weighted by Gasteiger charge is 2.26. The van der Waals surface area contributed by atoms with Crippen LogP contribution in [0.15, 0.2) is 36.4 Å². The normalized spacial score (nSPS) is 12.8. The molecule has 2 atom stereocenters. The van der Waals surface area contributed by atoms with Crippen molar-refractivity contribution in [2.24, 2.45) is 0 Å². The summed E-state index contributed by atoms with van der Waals surface area (Å²) in [5, 5.41) is 3.86. The summed E-state index contributed by atoms with van der Waals surface area (Å²) in [6, 6.07) is 11.1. The maximum absolute atomic E-state index is 13.2. The number of hydrogen-bond acceptors (Lipinski definition) is 3. The van der Waals surface area contributed by atoms with Gasteiger partial charge in [0, 0.05) is 18.3 Å². The highest BCUT2D eigenvalue weighted by molar-refractivity contribution is 7.99. The van der Waals surface area contributed by atoms with E-state index in [1.165, 1.54) is 16.7 Å². The Morgan fingerprint density at radius 3 is 2.25 bits per heavy atom. The zero-order chi connectivity index (χ0) is 23.8. The molecule has 0 saturated heterocycles. The Hall–Kier alpha value is -1.69. The van der Waals surface area contributed by atoms with Crippen molar-refractivity contribution in [1.82, 2.24) is 10.2 Å². The third-order valence-corrected chi connectivity index (χ3v) is 7.01. The van der Waals surface area contributed by atoms with Crippen LogP contribution < -0.4 is 5.32 Å². The summed E-state index contributed by atoms with van der Waals surface area (Å²) in [5.41, 5.74) is 4.45. The van der Waals surface area contributed by atoms with Gasteiger partial charge in [0.25, 0.3) is 0 Å². The molecule has 2 aromatic rings. The largest absolute Gasteiger partial charge is 0.352 e. The first-order chi connectivity index (χ1) is 15.1. The Labute approximate surface area is 206 Å². The van der Waals surface area contributed by atoms with E-state index in [4.69, 9.17) is 23.2 Å². The fourth-order valence-electron chi connectivity index (χ4n) is 3.37. The number of nitrogens with zero attached hydrogens (tertiary/aromatic N) is 1. The molecule has 0 radical (unpaired) electrons. The fourth-order valence-corrected chi connectivity index (χ4v) is 4.54. The number of thioether (sulfide) groups is 1. The molecule has 0 aliphatic carbocycles. The predicted octanol–water partition coefficient (Wildman–Crippen LogP) is 6.18. The fraction of sp³-hybridized carbons (Fsp3) is 0.440. The Morgan fingerprint density at radius 2 is 1.66 bits per heavy atom. The van der Waals surface area contributed by atoms with Crippen molar-refractivity contribution in [3.05, 3.63) is 68.7 Å². The lowest BCUT2D eigenvalue weighted by Gasteiger charge is -2.29. The van der Waals surface area contributed by atoms with Gasteiger partial charge in [0.05, 0.1) is 15.8 Å². The van der Waals surface area contributed by atoms with Crippen LogP contribution in [0, 0.1) is 13.8 Å². The molecule has 0 heterocycles. The number of benzene rings is 2. The second-order valence-corrected chi connectivity index (χ2v) is 10.1. The lowest BCUT2D eigenvalue weighted by molar-refractivity contribution is -0.138. The third kappa shape index (κ3) is 8.02. The molecule has 4 nitrogen and oxygen atoms in total. The third-order valence-electron chi connectivity index (χ3n) is 5.28. The van der Waals surface area contributed by atoms with Gasteiger partial charge >= 0.3 is 0 Å². The molecule has 2 unspecified atom stereocenters. The molecular formula is C25H32Cl2N2O2S. The van der Waals surface area contributed by atoms with Gasteiger partial charge in [-0.3, -0.25) is 9.59 Å². The van der Waals surface area contributed by atoms with Crippen molar-refractivity contribution in [3.63, 3.8) is 0 Å². The molecule has 0 bridgehead atoms. The molecule has 0 aliphatic heterocycles. The SMILES string of the molecule is CCC(C)NC(=O)C(C)N(Cc1ccc(Cl)c(Cl)c1)C(=O)CSCc1cc(C)cc(C)c1. The quantitative estimate of drug-likeness (QED) is 0.429. The van der Waals surface area contributed by atoms with Gasteiger partial charge in [0.2, 0.25) is 11.8 Å². The molecule has 0 spiro atoms. The minimum absolute atomic E-state index is 0.0470. The van der Waals surface area contributed by atoms with E-state index in [2.05, 4.69) is 37.4 Å². The zero-order valence-corrected chi connectivity index (χ0v) is 21.7. The van der Waals surface area contributed by atoms with Gasteiger partial charge in [-0.2, -0.15) is 0 Å². The van der Waals surface area contributed by atoms with E-state index < -0.39 is 6.04 Å². The topological polar surface area (TPSA) is 49.4 Å². The molecule has 174 valence electrons. The molecule has 2 rings (SSSR count). The van der Waals surface area contributed by atoms with Crippen molar-refractivity contribution < 1.29 is 9.59 Å². The molecule has 2 amide bonds. The summed E-state index contributed by atoms with van der Waals surface area (Å²) in [6.45, 7) is 10.2. The number of rotatable bonds is 10. The zero-order valence-electron chi connectivity index (χ0n) is 19.4. The Bertz CT molecular complexity index is 931. The molecule has 0 aliphatic rings. The van der Waals surface area contributed by atoms with Crippen molar-refractivity contribution in [2.75, 3.05) is 5.75 Å². The summed E-state index contributed by atoms with van der Waals surface area (Å²) in [6.07, 6.45) is 0.824. The minimum Gasteiger partial charge on any atom is -0.352 e. The molecule has 0 fully saturated rings. The van der Waals surface area contributed by atoms with Crippen molar-refractivity contribution in [2.45, 2.75) is 65.4 Å². The monoisotopic (exact) mass is 494 g/mol. The number of aryl methyl sites for hydroxylation is 2. The first-order valence-electron chi connectivity index (χ1n) is 10.8. The number of amides is 2. The Kier molecular flexibility index (Phi) is 10.4. The van der Waals surface area contributed by atoms with Crippen LogP contribution in [-0.2, 0) is 21.9 Å². The molecule has 1 N–H and O–H groups in total. The minimum atomic E-state index is -0.604. The summed E-state index contributed by atoms with van der Waals surface area (Å²) in [5.74, 6) is 0.779. The van der Waals surface area contributed by atoms with E-state index in [0.29, 0.717) is 10.0 Å². The van der Waals surface area contributed by atoms with Gasteiger partial charge in [0.1, 0.15) is 6.04 Å².